The fourth-order valence-electron chi connectivity index (χ4n) is 2.17. The van der Waals surface area contributed by atoms with Gasteiger partial charge in [-0.25, -0.2) is 4.68 Å². The third kappa shape index (κ3) is 2.49. The molecule has 4 nitrogen and oxygen atoms in total. The first-order chi connectivity index (χ1) is 9.63. The van der Waals surface area contributed by atoms with Crippen LogP contribution in [0.25, 0.3) is 10.9 Å². The predicted octanol–water partition coefficient (Wildman–Crippen LogP) is 2.91. The monoisotopic (exact) mass is 329 g/mol. The highest BCUT2D eigenvalue weighted by Crippen LogP contribution is 2.22. The Morgan fingerprint density at radius 3 is 2.95 bits per heavy atom. The molecule has 0 radical (unpaired) electrons. The Morgan fingerprint density at radius 1 is 1.25 bits per heavy atom. The Kier molecular flexibility index (Phi) is 3.36. The van der Waals surface area contributed by atoms with Crippen molar-refractivity contribution in [3.63, 3.8) is 0 Å². The van der Waals surface area contributed by atoms with Crippen molar-refractivity contribution in [1.82, 2.24) is 14.8 Å². The van der Waals surface area contributed by atoms with Gasteiger partial charge >= 0.3 is 0 Å². The normalized spacial score (nSPS) is 10.9. The summed E-state index contributed by atoms with van der Waals surface area (Å²) in [5.74, 6) is 0. The van der Waals surface area contributed by atoms with Crippen molar-refractivity contribution in [2.24, 2.45) is 0 Å². The second-order valence-electron chi connectivity index (χ2n) is 4.61. The number of aryl methyl sites for hydroxylation is 1. The van der Waals surface area contributed by atoms with Crippen LogP contribution in [0, 0.1) is 6.92 Å². The summed E-state index contributed by atoms with van der Waals surface area (Å²) in [5, 5.41) is 5.30. The maximum Gasteiger partial charge on any atom is 0.267 e. The molecule has 0 amide bonds. The largest absolute Gasteiger partial charge is 0.268 e. The van der Waals surface area contributed by atoms with E-state index in [9.17, 15) is 4.79 Å². The molecular weight excluding hydrogens is 318 g/mol. The van der Waals surface area contributed by atoms with Crippen LogP contribution in [0.4, 0.5) is 0 Å². The van der Waals surface area contributed by atoms with Crippen molar-refractivity contribution in [2.45, 2.75) is 13.5 Å². The van der Waals surface area contributed by atoms with Gasteiger partial charge in [-0.15, -0.1) is 0 Å². The van der Waals surface area contributed by atoms with Crippen LogP contribution < -0.4 is 5.56 Å². The zero-order valence-corrected chi connectivity index (χ0v) is 12.5. The minimum atomic E-state index is -0.111. The summed E-state index contributed by atoms with van der Waals surface area (Å²) in [7, 11) is 0. The molecule has 0 spiro atoms. The maximum absolute atomic E-state index is 11.9. The lowest BCUT2D eigenvalue weighted by molar-refractivity contribution is 0.630. The van der Waals surface area contributed by atoms with Crippen LogP contribution in [0.5, 0.6) is 0 Å². The van der Waals surface area contributed by atoms with Gasteiger partial charge in [0.1, 0.15) is 0 Å². The summed E-state index contributed by atoms with van der Waals surface area (Å²) < 4.78 is 2.43. The van der Waals surface area contributed by atoms with E-state index in [1.807, 2.05) is 31.2 Å². The second kappa shape index (κ2) is 5.17. The Morgan fingerprint density at radius 2 is 2.10 bits per heavy atom. The molecule has 2 aromatic heterocycles. The van der Waals surface area contributed by atoms with Gasteiger partial charge in [0.15, 0.2) is 0 Å². The Balaban J connectivity index is 2.15. The van der Waals surface area contributed by atoms with E-state index < -0.39 is 0 Å². The van der Waals surface area contributed by atoms with E-state index in [2.05, 4.69) is 26.0 Å². The number of nitrogens with zero attached hydrogens (tertiary/aromatic N) is 3. The van der Waals surface area contributed by atoms with Crippen molar-refractivity contribution in [3.8, 4) is 0 Å². The fraction of sp³-hybridized carbons (Fsp3) is 0.133. The van der Waals surface area contributed by atoms with Crippen LogP contribution in [-0.2, 0) is 6.54 Å². The number of halogens is 1. The van der Waals surface area contributed by atoms with Gasteiger partial charge in [0.2, 0.25) is 0 Å². The summed E-state index contributed by atoms with van der Waals surface area (Å²) >= 11 is 3.49. The third-order valence-corrected chi connectivity index (χ3v) is 3.53. The first kappa shape index (κ1) is 13.0. The standard InChI is InChI=1S/C15H12BrN3O/c1-10-4-5-14(20)19(18-10)9-12-8-13(16)7-11-3-2-6-17-15(11)12/h2-8H,9H2,1H3. The molecule has 20 heavy (non-hydrogen) atoms. The van der Waals surface area contributed by atoms with E-state index in [-0.39, 0.29) is 5.56 Å². The number of hydrogen-bond donors (Lipinski definition) is 0. The highest BCUT2D eigenvalue weighted by Gasteiger charge is 2.07. The molecule has 0 bridgehead atoms. The van der Waals surface area contributed by atoms with Gasteiger partial charge in [-0.3, -0.25) is 9.78 Å². The lowest BCUT2D eigenvalue weighted by Gasteiger charge is -2.09. The average molecular weight is 330 g/mol. The van der Waals surface area contributed by atoms with Crippen LogP contribution in [0.3, 0.4) is 0 Å². The third-order valence-electron chi connectivity index (χ3n) is 3.07. The average Bonchev–Trinajstić information content (AvgIpc) is 2.43. The van der Waals surface area contributed by atoms with E-state index >= 15 is 0 Å². The van der Waals surface area contributed by atoms with E-state index in [0.29, 0.717) is 6.54 Å². The van der Waals surface area contributed by atoms with Gasteiger partial charge in [0.25, 0.3) is 5.56 Å². The van der Waals surface area contributed by atoms with Gasteiger partial charge in [-0.05, 0) is 31.2 Å². The molecule has 0 unspecified atom stereocenters. The quantitative estimate of drug-likeness (QED) is 0.726. The molecule has 0 saturated carbocycles. The molecule has 5 heteroatoms. The van der Waals surface area contributed by atoms with Crippen molar-refractivity contribution < 1.29 is 0 Å². The molecule has 2 heterocycles. The Bertz CT molecular complexity index is 842. The number of pyridine rings is 1. The summed E-state index contributed by atoms with van der Waals surface area (Å²) in [5.41, 5.74) is 2.57. The van der Waals surface area contributed by atoms with Crippen LogP contribution >= 0.6 is 15.9 Å². The molecule has 3 aromatic rings. The van der Waals surface area contributed by atoms with Crippen molar-refractivity contribution in [1.29, 1.82) is 0 Å². The molecule has 0 fully saturated rings. The second-order valence-corrected chi connectivity index (χ2v) is 5.53. The smallest absolute Gasteiger partial charge is 0.267 e. The van der Waals surface area contributed by atoms with Crippen molar-refractivity contribution in [3.05, 3.63) is 68.7 Å². The zero-order chi connectivity index (χ0) is 14.1. The number of aromatic nitrogens is 3. The molecule has 0 aliphatic rings. The molecule has 0 saturated heterocycles. The van der Waals surface area contributed by atoms with Gasteiger partial charge in [-0.2, -0.15) is 5.10 Å². The molecule has 3 rings (SSSR count). The van der Waals surface area contributed by atoms with Crippen LogP contribution in [0.1, 0.15) is 11.3 Å². The van der Waals surface area contributed by atoms with Gasteiger partial charge in [0.05, 0.1) is 17.8 Å². The zero-order valence-electron chi connectivity index (χ0n) is 10.9. The number of fused-ring (bicyclic) bond motifs is 1. The predicted molar refractivity (Wildman–Crippen MR) is 81.8 cm³/mol. The summed E-state index contributed by atoms with van der Waals surface area (Å²) in [6.07, 6.45) is 1.76. The Labute approximate surface area is 124 Å². The maximum atomic E-state index is 11.9. The molecule has 0 aliphatic heterocycles. The minimum absolute atomic E-state index is 0.111. The van der Waals surface area contributed by atoms with E-state index in [0.717, 1.165) is 26.6 Å². The van der Waals surface area contributed by atoms with Crippen molar-refractivity contribution >= 4 is 26.8 Å². The SMILES string of the molecule is Cc1ccc(=O)n(Cc2cc(Br)cc3cccnc23)n1. The van der Waals surface area contributed by atoms with Crippen LogP contribution in [0.2, 0.25) is 0 Å². The van der Waals surface area contributed by atoms with E-state index in [1.54, 1.807) is 12.3 Å². The van der Waals surface area contributed by atoms with Gasteiger partial charge in [-0.1, -0.05) is 22.0 Å². The van der Waals surface area contributed by atoms with Crippen molar-refractivity contribution in [2.75, 3.05) is 0 Å². The molecule has 0 aliphatic carbocycles. The minimum Gasteiger partial charge on any atom is -0.268 e. The van der Waals surface area contributed by atoms with E-state index in [1.165, 1.54) is 10.7 Å². The number of rotatable bonds is 2. The highest BCUT2D eigenvalue weighted by atomic mass is 79.9. The van der Waals surface area contributed by atoms with Gasteiger partial charge < -0.3 is 0 Å². The number of hydrogen-bond acceptors (Lipinski definition) is 3. The van der Waals surface area contributed by atoms with Gasteiger partial charge in [0, 0.05) is 27.7 Å². The summed E-state index contributed by atoms with van der Waals surface area (Å²) in [6, 6.07) is 11.1. The highest BCUT2D eigenvalue weighted by molar-refractivity contribution is 9.10. The molecule has 0 atom stereocenters. The topological polar surface area (TPSA) is 47.8 Å². The first-order valence-corrected chi connectivity index (χ1v) is 7.01. The van der Waals surface area contributed by atoms with Crippen LogP contribution in [-0.4, -0.2) is 14.8 Å². The fourth-order valence-corrected chi connectivity index (χ4v) is 2.70. The summed E-state index contributed by atoms with van der Waals surface area (Å²) in [4.78, 5) is 16.3. The Hall–Kier alpha value is -2.01. The van der Waals surface area contributed by atoms with E-state index in [4.69, 9.17) is 0 Å². The molecule has 100 valence electrons. The molecular formula is C15H12BrN3O. The number of benzene rings is 1. The lowest BCUT2D eigenvalue weighted by Crippen LogP contribution is -2.23. The summed E-state index contributed by atoms with van der Waals surface area (Å²) in [6.45, 7) is 2.28. The molecule has 1 aromatic carbocycles. The first-order valence-electron chi connectivity index (χ1n) is 6.21. The molecule has 0 N–H and O–H groups in total. The lowest BCUT2D eigenvalue weighted by atomic mass is 10.1. The van der Waals surface area contributed by atoms with Crippen LogP contribution in [0.15, 0.2) is 51.9 Å².